The first-order valence-corrected chi connectivity index (χ1v) is 3.95. The van der Waals surface area contributed by atoms with Gasteiger partial charge in [0.05, 0.1) is 10.9 Å². The molecule has 0 aliphatic carbocycles. The fourth-order valence-electron chi connectivity index (χ4n) is 1.41. The third-order valence-electron chi connectivity index (χ3n) is 2.05. The van der Waals surface area contributed by atoms with E-state index in [4.69, 9.17) is 5.02 Å². The Kier molecular flexibility index (Phi) is 1.81. The molecule has 13 heavy (non-hydrogen) atoms. The van der Waals surface area contributed by atoms with Gasteiger partial charge < -0.3 is 5.02 Å². The van der Waals surface area contributed by atoms with Crippen molar-refractivity contribution in [2.45, 2.75) is 0 Å². The third kappa shape index (κ3) is 1.12. The van der Waals surface area contributed by atoms with Gasteiger partial charge in [0.15, 0.2) is 0 Å². The molecule has 2 rings (SSSR count). The number of halogens is 1. The minimum absolute atomic E-state index is 0.167. The number of rotatable bonds is 1. The van der Waals surface area contributed by atoms with Gasteiger partial charge in [0, 0.05) is 7.05 Å². The minimum Gasteiger partial charge on any atom is -0.449 e. The van der Waals surface area contributed by atoms with Crippen LogP contribution in [0.4, 0.5) is 4.39 Å². The monoisotopic (exact) mass is 178 g/mol. The van der Waals surface area contributed by atoms with Crippen molar-refractivity contribution >= 4 is 23.8 Å². The van der Waals surface area contributed by atoms with E-state index in [1.165, 1.54) is 11.7 Å². The Labute approximate surface area is 75.1 Å². The lowest BCUT2D eigenvalue weighted by Gasteiger charge is -1.94. The molecule has 0 amide bonds. The van der Waals surface area contributed by atoms with E-state index in [0.29, 0.717) is 16.4 Å². The van der Waals surface area contributed by atoms with Crippen LogP contribution in [0, 0.1) is 5.95 Å². The van der Waals surface area contributed by atoms with Crippen LogP contribution in [0.2, 0.25) is 0 Å². The summed E-state index contributed by atoms with van der Waals surface area (Å²) >= 11 is 0. The first kappa shape index (κ1) is 8.25. The molecule has 0 spiro atoms. The van der Waals surface area contributed by atoms with E-state index in [1.807, 2.05) is 0 Å². The van der Waals surface area contributed by atoms with Gasteiger partial charge in [0.1, 0.15) is 0 Å². The van der Waals surface area contributed by atoms with Crippen molar-refractivity contribution in [3.63, 3.8) is 0 Å². The largest absolute Gasteiger partial charge is 0.449 e. The molecule has 1 aromatic carbocycles. The summed E-state index contributed by atoms with van der Waals surface area (Å²) in [6, 6.07) is 5.16. The van der Waals surface area contributed by atoms with Crippen LogP contribution in [-0.4, -0.2) is 22.3 Å². The van der Waals surface area contributed by atoms with Gasteiger partial charge in [-0.15, -0.1) is 0 Å². The van der Waals surface area contributed by atoms with Crippen molar-refractivity contribution in [3.8, 4) is 0 Å². The van der Waals surface area contributed by atoms with E-state index < -0.39 is 5.95 Å². The molecule has 0 fully saturated rings. The molecule has 3 nitrogen and oxygen atoms in total. The molecular weight excluding hydrogens is 170 g/mol. The van der Waals surface area contributed by atoms with Gasteiger partial charge in [0.2, 0.25) is 5.95 Å². The van der Waals surface area contributed by atoms with E-state index in [1.54, 1.807) is 18.2 Å². The third-order valence-corrected chi connectivity index (χ3v) is 2.05. The molecule has 66 valence electrons. The van der Waals surface area contributed by atoms with Gasteiger partial charge >= 0.3 is 7.48 Å². The predicted molar refractivity (Wildman–Crippen MR) is 49.7 cm³/mol. The van der Waals surface area contributed by atoms with Crippen LogP contribution in [0.15, 0.2) is 18.2 Å². The molecule has 0 aliphatic rings. The Morgan fingerprint density at radius 2 is 2.31 bits per heavy atom. The van der Waals surface area contributed by atoms with Gasteiger partial charge in [-0.05, 0) is 11.5 Å². The van der Waals surface area contributed by atoms with E-state index in [9.17, 15) is 4.39 Å². The van der Waals surface area contributed by atoms with Crippen molar-refractivity contribution in [2.24, 2.45) is 7.05 Å². The second-order valence-electron chi connectivity index (χ2n) is 2.88. The summed E-state index contributed by atoms with van der Waals surface area (Å²) in [6.45, 7) is 0. The fourth-order valence-corrected chi connectivity index (χ4v) is 1.41. The predicted octanol–water partition coefficient (Wildman–Crippen LogP) is -0.319. The van der Waals surface area contributed by atoms with Gasteiger partial charge in [0.25, 0.3) is 0 Å². The zero-order valence-corrected chi connectivity index (χ0v) is 7.16. The average Bonchev–Trinajstić information content (AvgIpc) is 2.43. The van der Waals surface area contributed by atoms with Gasteiger partial charge in [-0.1, -0.05) is 12.1 Å². The highest BCUT2D eigenvalue weighted by molar-refractivity contribution is 6.49. The SMILES string of the molecule is Cn1nc2cccc(BO)c2c1F. The van der Waals surface area contributed by atoms with Gasteiger partial charge in [-0.3, -0.25) is 0 Å². The Balaban J connectivity index is 2.87. The fraction of sp³-hybridized carbons (Fsp3) is 0.125. The average molecular weight is 178 g/mol. The Hall–Kier alpha value is -1.36. The highest BCUT2D eigenvalue weighted by Gasteiger charge is 2.11. The minimum atomic E-state index is -0.403. The Morgan fingerprint density at radius 1 is 1.54 bits per heavy atom. The smallest absolute Gasteiger partial charge is 0.305 e. The molecule has 0 radical (unpaired) electrons. The van der Waals surface area contributed by atoms with Crippen LogP contribution >= 0.6 is 0 Å². The maximum absolute atomic E-state index is 13.4. The van der Waals surface area contributed by atoms with Crippen molar-refractivity contribution < 1.29 is 9.41 Å². The van der Waals surface area contributed by atoms with Crippen LogP contribution in [0.3, 0.4) is 0 Å². The molecule has 0 saturated heterocycles. The number of hydrogen-bond donors (Lipinski definition) is 1. The van der Waals surface area contributed by atoms with E-state index in [2.05, 4.69) is 5.10 Å². The summed E-state index contributed by atoms with van der Waals surface area (Å²) in [5.41, 5.74) is 1.15. The second-order valence-corrected chi connectivity index (χ2v) is 2.88. The maximum Gasteiger partial charge on any atom is 0.305 e. The molecular formula is C8H8BFN2O. The second kappa shape index (κ2) is 2.85. The summed E-state index contributed by atoms with van der Waals surface area (Å²) in [4.78, 5) is 0. The van der Waals surface area contributed by atoms with Crippen molar-refractivity contribution in [1.82, 2.24) is 9.78 Å². The van der Waals surface area contributed by atoms with Crippen LogP contribution in [-0.2, 0) is 7.05 Å². The first-order chi connectivity index (χ1) is 6.24. The maximum atomic E-state index is 13.4. The van der Waals surface area contributed by atoms with Crippen LogP contribution in [0.25, 0.3) is 10.9 Å². The molecule has 0 aliphatic heterocycles. The Bertz CT molecular complexity index is 455. The van der Waals surface area contributed by atoms with Crippen LogP contribution < -0.4 is 5.46 Å². The highest BCUT2D eigenvalue weighted by atomic mass is 19.1. The molecule has 5 heteroatoms. The lowest BCUT2D eigenvalue weighted by molar-refractivity contribution is 0.512. The zero-order valence-electron chi connectivity index (χ0n) is 7.16. The summed E-state index contributed by atoms with van der Waals surface area (Å²) in [6.07, 6.45) is 0. The summed E-state index contributed by atoms with van der Waals surface area (Å²) in [7, 11) is 1.37. The van der Waals surface area contributed by atoms with Crippen molar-refractivity contribution in [1.29, 1.82) is 0 Å². The molecule has 2 aromatic rings. The molecule has 1 heterocycles. The number of aryl methyl sites for hydroxylation is 1. The van der Waals surface area contributed by atoms with E-state index in [0.717, 1.165) is 0 Å². The summed E-state index contributed by atoms with van der Waals surface area (Å²) in [5, 5.41) is 13.3. The number of benzene rings is 1. The summed E-state index contributed by atoms with van der Waals surface area (Å²) < 4.78 is 14.6. The normalized spacial score (nSPS) is 10.7. The topological polar surface area (TPSA) is 38.0 Å². The first-order valence-electron chi connectivity index (χ1n) is 3.95. The van der Waals surface area contributed by atoms with Crippen molar-refractivity contribution in [2.75, 3.05) is 0 Å². The lowest BCUT2D eigenvalue weighted by Crippen LogP contribution is -2.14. The Morgan fingerprint density at radius 3 is 3.00 bits per heavy atom. The van der Waals surface area contributed by atoms with Gasteiger partial charge in [-0.2, -0.15) is 9.49 Å². The lowest BCUT2D eigenvalue weighted by atomic mass is 9.86. The number of hydrogen-bond acceptors (Lipinski definition) is 2. The van der Waals surface area contributed by atoms with Gasteiger partial charge in [-0.25, -0.2) is 4.68 Å². The molecule has 0 saturated carbocycles. The van der Waals surface area contributed by atoms with Crippen LogP contribution in [0.5, 0.6) is 0 Å². The molecule has 0 atom stereocenters. The standard InChI is InChI=1S/C8H8BFN2O/c1-12-8(10)7-5(9-13)3-2-4-6(7)11-12/h2-4,9,13H,1H3. The molecule has 1 aromatic heterocycles. The van der Waals surface area contributed by atoms with E-state index in [-0.39, 0.29) is 7.48 Å². The highest BCUT2D eigenvalue weighted by Crippen LogP contribution is 2.12. The number of nitrogens with zero attached hydrogens (tertiary/aromatic N) is 2. The quantitative estimate of drug-likeness (QED) is 0.607. The van der Waals surface area contributed by atoms with E-state index >= 15 is 0 Å². The zero-order chi connectivity index (χ0) is 9.42. The van der Waals surface area contributed by atoms with Crippen LogP contribution in [0.1, 0.15) is 0 Å². The molecule has 0 unspecified atom stereocenters. The number of aromatic nitrogens is 2. The van der Waals surface area contributed by atoms with Crippen molar-refractivity contribution in [3.05, 3.63) is 24.1 Å². The summed E-state index contributed by atoms with van der Waals surface area (Å²) in [5.74, 6) is -0.403. The molecule has 1 N–H and O–H groups in total. The molecule has 0 bridgehead atoms. The number of fused-ring (bicyclic) bond motifs is 1.